The number of amides is 1. The Morgan fingerprint density at radius 1 is 0.837 bits per heavy atom. The fraction of sp³-hybridized carbons (Fsp3) is 0.258. The molecule has 0 aliphatic heterocycles. The van der Waals surface area contributed by atoms with E-state index in [0.29, 0.717) is 28.6 Å². The van der Waals surface area contributed by atoms with E-state index >= 15 is 0 Å². The third-order valence-electron chi connectivity index (χ3n) is 6.70. The second kappa shape index (κ2) is 12.3. The molecule has 12 heteroatoms. The Balaban J connectivity index is 1.90. The number of esters is 1. The summed E-state index contributed by atoms with van der Waals surface area (Å²) < 4.78 is 86.9. The summed E-state index contributed by atoms with van der Waals surface area (Å²) in [6.45, 7) is 0.791. The summed E-state index contributed by atoms with van der Waals surface area (Å²) in [4.78, 5) is 40.9. The number of benzene rings is 3. The molecule has 0 unspecified atom stereocenters. The van der Waals surface area contributed by atoms with Gasteiger partial charge in [0.25, 0.3) is 11.5 Å². The van der Waals surface area contributed by atoms with Crippen LogP contribution in [-0.4, -0.2) is 35.0 Å². The normalized spacial score (nSPS) is 11.9. The van der Waals surface area contributed by atoms with E-state index < -0.39 is 53.0 Å². The molecule has 0 atom stereocenters. The van der Waals surface area contributed by atoms with Crippen molar-refractivity contribution < 1.29 is 40.7 Å². The lowest BCUT2D eigenvalue weighted by Crippen LogP contribution is -2.35. The number of rotatable bonds is 8. The van der Waals surface area contributed by atoms with Gasteiger partial charge in [0.05, 0.1) is 24.2 Å². The highest BCUT2D eigenvalue weighted by Crippen LogP contribution is 2.37. The molecule has 43 heavy (non-hydrogen) atoms. The van der Waals surface area contributed by atoms with Gasteiger partial charge >= 0.3 is 18.3 Å². The minimum Gasteiger partial charge on any atom is -0.466 e. The highest BCUT2D eigenvalue weighted by atomic mass is 19.4. The van der Waals surface area contributed by atoms with Crippen molar-refractivity contribution in [2.24, 2.45) is 0 Å². The molecule has 0 aliphatic carbocycles. The molecule has 4 rings (SSSR count). The Morgan fingerprint density at radius 3 is 1.95 bits per heavy atom. The number of aromatic nitrogens is 1. The molecular formula is C31H26F6N2O4. The Morgan fingerprint density at radius 2 is 1.40 bits per heavy atom. The van der Waals surface area contributed by atoms with Gasteiger partial charge in [-0.2, -0.15) is 26.3 Å². The van der Waals surface area contributed by atoms with Crippen molar-refractivity contribution >= 4 is 22.6 Å². The SMILES string of the molecule is CCOC(=O)CCn1c(C(=O)N(C)Cc2cc(C(F)(F)F)cc(C(F)(F)F)c2)c(-c2ccccc2)c2ccccc2c1=O. The van der Waals surface area contributed by atoms with Crippen LogP contribution in [0.2, 0.25) is 0 Å². The minimum absolute atomic E-state index is 0.00914. The second-order valence-corrected chi connectivity index (χ2v) is 9.72. The monoisotopic (exact) mass is 604 g/mol. The fourth-order valence-corrected chi connectivity index (χ4v) is 4.80. The minimum atomic E-state index is -5.06. The largest absolute Gasteiger partial charge is 0.466 e. The van der Waals surface area contributed by atoms with Gasteiger partial charge in [-0.15, -0.1) is 0 Å². The Labute approximate surface area is 242 Å². The van der Waals surface area contributed by atoms with Gasteiger partial charge in [0.2, 0.25) is 0 Å². The number of carbonyl (C=O) groups is 2. The van der Waals surface area contributed by atoms with Crippen molar-refractivity contribution in [1.82, 2.24) is 9.47 Å². The van der Waals surface area contributed by atoms with Crippen LogP contribution in [0.4, 0.5) is 26.3 Å². The lowest BCUT2D eigenvalue weighted by atomic mass is 9.96. The van der Waals surface area contributed by atoms with Crippen LogP contribution in [0.3, 0.4) is 0 Å². The average molecular weight is 605 g/mol. The number of halogens is 6. The van der Waals surface area contributed by atoms with Crippen LogP contribution in [-0.2, 0) is 35.0 Å². The second-order valence-electron chi connectivity index (χ2n) is 9.72. The number of hydrogen-bond donors (Lipinski definition) is 0. The summed E-state index contributed by atoms with van der Waals surface area (Å²) >= 11 is 0. The number of ether oxygens (including phenoxy) is 1. The van der Waals surface area contributed by atoms with E-state index in [1.54, 1.807) is 61.5 Å². The molecule has 0 spiro atoms. The van der Waals surface area contributed by atoms with Crippen LogP contribution in [0.15, 0.2) is 77.6 Å². The highest BCUT2D eigenvalue weighted by Gasteiger charge is 2.37. The molecule has 4 aromatic rings. The lowest BCUT2D eigenvalue weighted by molar-refractivity contribution is -0.144. The molecule has 0 saturated carbocycles. The molecule has 1 aromatic heterocycles. The van der Waals surface area contributed by atoms with Crippen molar-refractivity contribution in [3.05, 3.63) is 106 Å². The molecule has 0 saturated heterocycles. The molecule has 226 valence electrons. The van der Waals surface area contributed by atoms with E-state index in [2.05, 4.69) is 0 Å². The Kier molecular flexibility index (Phi) is 8.98. The summed E-state index contributed by atoms with van der Waals surface area (Å²) in [5.41, 5.74) is -3.38. The molecule has 0 radical (unpaired) electrons. The quantitative estimate of drug-likeness (QED) is 0.162. The van der Waals surface area contributed by atoms with Gasteiger partial charge in [0, 0.05) is 31.1 Å². The summed E-state index contributed by atoms with van der Waals surface area (Å²) in [5, 5.41) is 0.651. The van der Waals surface area contributed by atoms with E-state index in [4.69, 9.17) is 4.74 Å². The zero-order valence-electron chi connectivity index (χ0n) is 23.1. The van der Waals surface area contributed by atoms with Gasteiger partial charge in [-0.05, 0) is 47.7 Å². The number of fused-ring (bicyclic) bond motifs is 1. The van der Waals surface area contributed by atoms with Crippen LogP contribution < -0.4 is 5.56 Å². The Hall–Kier alpha value is -4.61. The third kappa shape index (κ3) is 6.90. The van der Waals surface area contributed by atoms with Gasteiger partial charge in [-0.1, -0.05) is 48.5 Å². The highest BCUT2D eigenvalue weighted by molar-refractivity contribution is 6.08. The summed E-state index contributed by atoms with van der Waals surface area (Å²) in [7, 11) is 1.21. The molecule has 0 N–H and O–H groups in total. The average Bonchev–Trinajstić information content (AvgIpc) is 2.95. The molecule has 3 aromatic carbocycles. The van der Waals surface area contributed by atoms with Gasteiger partial charge in [0.15, 0.2) is 0 Å². The van der Waals surface area contributed by atoms with Gasteiger partial charge in [-0.3, -0.25) is 14.4 Å². The molecule has 0 bridgehead atoms. The first-order chi connectivity index (χ1) is 20.2. The van der Waals surface area contributed by atoms with Crippen molar-refractivity contribution in [2.75, 3.05) is 13.7 Å². The van der Waals surface area contributed by atoms with Crippen molar-refractivity contribution in [3.8, 4) is 11.1 Å². The number of alkyl halides is 6. The molecule has 1 amide bonds. The molecular weight excluding hydrogens is 578 g/mol. The van der Waals surface area contributed by atoms with E-state index in [1.165, 1.54) is 7.05 Å². The topological polar surface area (TPSA) is 68.6 Å². The van der Waals surface area contributed by atoms with Crippen LogP contribution >= 0.6 is 0 Å². The number of pyridine rings is 1. The van der Waals surface area contributed by atoms with Crippen LogP contribution in [0, 0.1) is 0 Å². The standard InChI is InChI=1S/C31H26F6N2O4/c1-3-43-25(40)13-14-39-27(26(20-9-5-4-6-10-20)23-11-7-8-12-24(23)28(39)41)29(42)38(2)18-19-15-21(30(32,33)34)17-22(16-19)31(35,36)37/h4-12,15-17H,3,13-14,18H2,1-2H3. The zero-order valence-corrected chi connectivity index (χ0v) is 23.1. The number of carbonyl (C=O) groups excluding carboxylic acids is 2. The van der Waals surface area contributed by atoms with Crippen LogP contribution in [0.25, 0.3) is 21.9 Å². The first kappa shape index (κ1) is 31.3. The predicted octanol–water partition coefficient (Wildman–Crippen LogP) is 6.93. The van der Waals surface area contributed by atoms with Gasteiger partial charge < -0.3 is 14.2 Å². The number of hydrogen-bond acceptors (Lipinski definition) is 4. The summed E-state index contributed by atoms with van der Waals surface area (Å²) in [5.74, 6) is -1.48. The molecule has 0 fully saturated rings. The van der Waals surface area contributed by atoms with Gasteiger partial charge in [-0.25, -0.2) is 0 Å². The molecule has 6 nitrogen and oxygen atoms in total. The maximum absolute atomic E-state index is 14.1. The fourth-order valence-electron chi connectivity index (χ4n) is 4.80. The first-order valence-electron chi connectivity index (χ1n) is 13.1. The predicted molar refractivity (Wildman–Crippen MR) is 147 cm³/mol. The maximum Gasteiger partial charge on any atom is 0.416 e. The zero-order chi connectivity index (χ0) is 31.5. The van der Waals surface area contributed by atoms with Gasteiger partial charge in [0.1, 0.15) is 5.69 Å². The van der Waals surface area contributed by atoms with Crippen LogP contribution in [0.5, 0.6) is 0 Å². The van der Waals surface area contributed by atoms with Crippen molar-refractivity contribution in [3.63, 3.8) is 0 Å². The van der Waals surface area contributed by atoms with E-state index in [-0.39, 0.29) is 36.7 Å². The van der Waals surface area contributed by atoms with E-state index in [0.717, 1.165) is 9.47 Å². The third-order valence-corrected chi connectivity index (χ3v) is 6.70. The molecule has 1 heterocycles. The van der Waals surface area contributed by atoms with Crippen LogP contribution in [0.1, 0.15) is 40.5 Å². The summed E-state index contributed by atoms with van der Waals surface area (Å²) in [6, 6.07) is 16.1. The van der Waals surface area contributed by atoms with Crippen molar-refractivity contribution in [2.45, 2.75) is 38.8 Å². The molecule has 0 aliphatic rings. The first-order valence-corrected chi connectivity index (χ1v) is 13.1. The maximum atomic E-state index is 14.1. The Bertz CT molecular complexity index is 1680. The van der Waals surface area contributed by atoms with Crippen molar-refractivity contribution in [1.29, 1.82) is 0 Å². The summed E-state index contributed by atoms with van der Waals surface area (Å²) in [6.07, 6.45) is -10.4. The van der Waals surface area contributed by atoms with E-state index in [1.807, 2.05) is 0 Å². The number of nitrogens with zero attached hydrogens (tertiary/aromatic N) is 2. The van der Waals surface area contributed by atoms with E-state index in [9.17, 15) is 40.7 Å². The lowest BCUT2D eigenvalue weighted by Gasteiger charge is -2.24. The smallest absolute Gasteiger partial charge is 0.416 e.